The minimum Gasteiger partial charge on any atom is -0.493 e. The van der Waals surface area contributed by atoms with Crippen LogP contribution in [0.2, 0.25) is 10.0 Å². The molecule has 2 heterocycles. The molecule has 0 unspecified atom stereocenters. The number of fused-ring (bicyclic) bond motifs is 1. The summed E-state index contributed by atoms with van der Waals surface area (Å²) in [7, 11) is 0. The van der Waals surface area contributed by atoms with Crippen LogP contribution in [0.1, 0.15) is 16.8 Å². The number of pyridine rings is 1. The predicted octanol–water partition coefficient (Wildman–Crippen LogP) is 5.61. The molecule has 13 heteroatoms. The Morgan fingerprint density at radius 2 is 1.64 bits per heavy atom. The summed E-state index contributed by atoms with van der Waals surface area (Å²) in [4.78, 5) is 3.62. The zero-order valence-electron chi connectivity index (χ0n) is 13.0. The maximum atomic E-state index is 13.7. The summed E-state index contributed by atoms with van der Waals surface area (Å²) in [6.07, 6.45) is -4.75. The third-order valence-corrected chi connectivity index (χ3v) is 4.37. The van der Waals surface area contributed by atoms with E-state index >= 15 is 0 Å². The first-order valence-corrected chi connectivity index (χ1v) is 8.14. The first-order chi connectivity index (χ1) is 12.8. The Kier molecular flexibility index (Phi) is 4.82. The first kappa shape index (κ1) is 20.4. The van der Waals surface area contributed by atoms with Gasteiger partial charge in [-0.3, -0.25) is 0 Å². The van der Waals surface area contributed by atoms with Gasteiger partial charge in [0.25, 0.3) is 0 Å². The minimum atomic E-state index is -4.75. The molecule has 0 fully saturated rings. The lowest BCUT2D eigenvalue weighted by molar-refractivity contribution is -0.137. The highest BCUT2D eigenvalue weighted by atomic mass is 35.5. The van der Waals surface area contributed by atoms with Crippen molar-refractivity contribution in [2.75, 3.05) is 0 Å². The summed E-state index contributed by atoms with van der Waals surface area (Å²) < 4.78 is 66.9. The van der Waals surface area contributed by atoms with Crippen molar-refractivity contribution in [3.63, 3.8) is 0 Å². The van der Waals surface area contributed by atoms with Crippen LogP contribution in [0.4, 0.5) is 22.0 Å². The van der Waals surface area contributed by atoms with Crippen molar-refractivity contribution in [3.05, 3.63) is 45.1 Å². The molecule has 146 valence electrons. The van der Waals surface area contributed by atoms with E-state index in [1.54, 1.807) is 6.07 Å². The van der Waals surface area contributed by atoms with Gasteiger partial charge in [-0.2, -0.15) is 37.3 Å². The Balaban J connectivity index is 2.41. The van der Waals surface area contributed by atoms with Gasteiger partial charge in [-0.1, -0.05) is 23.2 Å². The molecule has 0 saturated heterocycles. The molecule has 5 nitrogen and oxygen atoms in total. The van der Waals surface area contributed by atoms with Crippen molar-refractivity contribution in [2.24, 2.45) is 0 Å². The number of aromatic hydroxyl groups is 1. The smallest absolute Gasteiger partial charge is 0.416 e. The molecule has 0 aliphatic heterocycles. The number of aromatic nitrogens is 3. The number of alkyl halides is 6. The van der Waals surface area contributed by atoms with Crippen molar-refractivity contribution < 1.29 is 27.1 Å². The molecule has 0 saturated carbocycles. The predicted molar refractivity (Wildman–Crippen MR) is 90.0 cm³/mol. The third kappa shape index (κ3) is 3.41. The molecule has 2 aromatic heterocycles. The molecule has 28 heavy (non-hydrogen) atoms. The fourth-order valence-electron chi connectivity index (χ4n) is 2.49. The second kappa shape index (κ2) is 6.62. The molecular weight excluding hydrogens is 454 g/mol. The normalized spacial score (nSPS) is 12.4. The second-order valence-corrected chi connectivity index (χ2v) is 6.67. The standard InChI is InChI=1S/C15H4Cl3F5N4O/c16-7-1-5(15(21,22)23)2-8(17)12(7)27-13-11(9(4-24)26-27)6(14(18,19)20)3-10(28)25-13/h1-3H,(H,25,28). The first-order valence-electron chi connectivity index (χ1n) is 7.01. The van der Waals surface area contributed by atoms with E-state index in [-0.39, 0.29) is 5.69 Å². The van der Waals surface area contributed by atoms with Gasteiger partial charge in [-0.05, 0) is 23.7 Å². The van der Waals surface area contributed by atoms with Crippen molar-refractivity contribution >= 4 is 45.8 Å². The molecule has 0 aliphatic carbocycles. The van der Waals surface area contributed by atoms with Crippen LogP contribution < -0.4 is 0 Å². The SMILES string of the molecule is N#Cc1nn(-c2c(Cl)cc(C(F)(F)F)cc2Cl)c2nc(O)cc(C(F)(F)Cl)c12. The molecule has 1 N–H and O–H groups in total. The number of hydrogen-bond donors (Lipinski definition) is 1. The van der Waals surface area contributed by atoms with Crippen LogP contribution in [0.5, 0.6) is 5.88 Å². The van der Waals surface area contributed by atoms with E-state index in [1.807, 2.05) is 0 Å². The zero-order chi connectivity index (χ0) is 21.0. The third-order valence-electron chi connectivity index (χ3n) is 3.59. The summed E-state index contributed by atoms with van der Waals surface area (Å²) in [5.74, 6) is -0.896. The van der Waals surface area contributed by atoms with Crippen LogP contribution >= 0.6 is 34.8 Å². The van der Waals surface area contributed by atoms with Crippen molar-refractivity contribution in [1.29, 1.82) is 5.26 Å². The van der Waals surface area contributed by atoms with E-state index in [0.29, 0.717) is 22.9 Å². The molecule has 0 atom stereocenters. The van der Waals surface area contributed by atoms with Gasteiger partial charge in [-0.25, -0.2) is 4.68 Å². The van der Waals surface area contributed by atoms with Crippen LogP contribution in [0.3, 0.4) is 0 Å². The monoisotopic (exact) mass is 456 g/mol. The number of halogens is 8. The topological polar surface area (TPSA) is 74.7 Å². The Morgan fingerprint density at radius 3 is 2.11 bits per heavy atom. The highest BCUT2D eigenvalue weighted by Gasteiger charge is 2.36. The lowest BCUT2D eigenvalue weighted by Gasteiger charge is -2.13. The van der Waals surface area contributed by atoms with Crippen LogP contribution in [0.15, 0.2) is 18.2 Å². The Labute approximate surface area is 167 Å². The maximum absolute atomic E-state index is 13.7. The largest absolute Gasteiger partial charge is 0.493 e. The van der Waals surface area contributed by atoms with Crippen molar-refractivity contribution in [3.8, 4) is 17.6 Å². The Hall–Kier alpha value is -2.35. The minimum absolute atomic E-state index is 0.357. The molecule has 0 bridgehead atoms. The van der Waals surface area contributed by atoms with Gasteiger partial charge in [0.1, 0.15) is 11.8 Å². The fourth-order valence-corrected chi connectivity index (χ4v) is 3.29. The van der Waals surface area contributed by atoms with Crippen molar-refractivity contribution in [2.45, 2.75) is 11.6 Å². The van der Waals surface area contributed by atoms with Gasteiger partial charge in [0.15, 0.2) is 11.3 Å². The number of rotatable bonds is 2. The van der Waals surface area contributed by atoms with E-state index in [4.69, 9.17) is 34.8 Å². The van der Waals surface area contributed by atoms with E-state index in [2.05, 4.69) is 10.1 Å². The zero-order valence-corrected chi connectivity index (χ0v) is 15.3. The van der Waals surface area contributed by atoms with Crippen molar-refractivity contribution in [1.82, 2.24) is 14.8 Å². The lowest BCUT2D eigenvalue weighted by atomic mass is 10.1. The van der Waals surface area contributed by atoms with Gasteiger partial charge in [0.05, 0.1) is 26.6 Å². The van der Waals surface area contributed by atoms with Crippen LogP contribution in [-0.4, -0.2) is 19.9 Å². The molecular formula is C15H4Cl3F5N4O. The highest BCUT2D eigenvalue weighted by Crippen LogP contribution is 2.42. The van der Waals surface area contributed by atoms with Gasteiger partial charge in [-0.15, -0.1) is 0 Å². The Morgan fingerprint density at radius 1 is 1.07 bits per heavy atom. The molecule has 3 rings (SSSR count). The lowest BCUT2D eigenvalue weighted by Crippen LogP contribution is -2.08. The summed E-state index contributed by atoms with van der Waals surface area (Å²) >= 11 is 16.8. The molecule has 1 aromatic carbocycles. The Bertz CT molecular complexity index is 1120. The van der Waals surface area contributed by atoms with Crippen LogP contribution in [0, 0.1) is 11.3 Å². The maximum Gasteiger partial charge on any atom is 0.416 e. The molecule has 0 aliphatic rings. The van der Waals surface area contributed by atoms with Crippen LogP contribution in [-0.2, 0) is 11.6 Å². The summed E-state index contributed by atoms with van der Waals surface area (Å²) in [6, 6.07) is 3.18. The highest BCUT2D eigenvalue weighted by molar-refractivity contribution is 6.38. The second-order valence-electron chi connectivity index (χ2n) is 5.38. The van der Waals surface area contributed by atoms with Crippen LogP contribution in [0.25, 0.3) is 16.7 Å². The van der Waals surface area contributed by atoms with Gasteiger partial charge < -0.3 is 5.11 Å². The fraction of sp³-hybridized carbons (Fsp3) is 0.133. The summed E-state index contributed by atoms with van der Waals surface area (Å²) in [6.45, 7) is 0. The number of nitrogens with zero attached hydrogens (tertiary/aromatic N) is 4. The molecule has 0 spiro atoms. The quantitative estimate of drug-likeness (QED) is 0.401. The summed E-state index contributed by atoms with van der Waals surface area (Å²) in [5.41, 5.74) is -3.57. The van der Waals surface area contributed by atoms with E-state index in [0.717, 1.165) is 0 Å². The van der Waals surface area contributed by atoms with Gasteiger partial charge in [0, 0.05) is 6.07 Å². The van der Waals surface area contributed by atoms with Gasteiger partial charge >= 0.3 is 11.6 Å². The average molecular weight is 458 g/mol. The molecule has 0 amide bonds. The number of hydrogen-bond acceptors (Lipinski definition) is 4. The molecule has 0 radical (unpaired) electrons. The average Bonchev–Trinajstić information content (AvgIpc) is 2.90. The number of nitriles is 1. The van der Waals surface area contributed by atoms with E-state index in [9.17, 15) is 32.3 Å². The number of benzene rings is 1. The van der Waals surface area contributed by atoms with E-state index < -0.39 is 55.3 Å². The van der Waals surface area contributed by atoms with E-state index in [1.165, 1.54) is 0 Å². The summed E-state index contributed by atoms with van der Waals surface area (Å²) in [5, 5.41) is 17.0. The molecule has 3 aromatic rings. The van der Waals surface area contributed by atoms with Gasteiger partial charge in [0.2, 0.25) is 5.88 Å².